The molecule has 1 aliphatic rings. The number of hydrogen-bond acceptors (Lipinski definition) is 3. The van der Waals surface area contributed by atoms with Crippen LogP contribution in [0.25, 0.3) is 0 Å². The summed E-state index contributed by atoms with van der Waals surface area (Å²) >= 11 is 0. The summed E-state index contributed by atoms with van der Waals surface area (Å²) in [5.41, 5.74) is 3.06. The quantitative estimate of drug-likeness (QED) is 0.642. The number of carbonyl (C=O) groups excluding carboxylic acids is 1. The molecule has 0 spiro atoms. The van der Waals surface area contributed by atoms with Crippen LogP contribution in [0.2, 0.25) is 0 Å². The zero-order chi connectivity index (χ0) is 21.8. The zero-order valence-corrected chi connectivity index (χ0v) is 17.7. The highest BCUT2D eigenvalue weighted by Crippen LogP contribution is 2.21. The molecule has 0 saturated heterocycles. The molecular formula is C24H23FN2O3S. The minimum absolute atomic E-state index is 0.172. The van der Waals surface area contributed by atoms with Gasteiger partial charge >= 0.3 is 0 Å². The average Bonchev–Trinajstić information content (AvgIpc) is 2.78. The first-order valence-electron chi connectivity index (χ1n) is 10.1. The van der Waals surface area contributed by atoms with Crippen molar-refractivity contribution in [1.29, 1.82) is 0 Å². The Morgan fingerprint density at radius 1 is 0.935 bits per heavy atom. The molecule has 160 valence electrons. The number of rotatable bonds is 6. The first-order chi connectivity index (χ1) is 14.9. The predicted molar refractivity (Wildman–Crippen MR) is 116 cm³/mol. The number of amides is 1. The lowest BCUT2D eigenvalue weighted by molar-refractivity contribution is -0.133. The van der Waals surface area contributed by atoms with Crippen LogP contribution in [0.4, 0.5) is 4.39 Å². The number of nitrogens with zero attached hydrogens (tertiary/aromatic N) is 1. The van der Waals surface area contributed by atoms with Crippen LogP contribution in [0, 0.1) is 5.82 Å². The lowest BCUT2D eigenvalue weighted by Crippen LogP contribution is -2.50. The van der Waals surface area contributed by atoms with Gasteiger partial charge in [-0.05, 0) is 41.7 Å². The van der Waals surface area contributed by atoms with Crippen molar-refractivity contribution < 1.29 is 17.6 Å². The van der Waals surface area contributed by atoms with E-state index in [2.05, 4.69) is 4.72 Å². The number of carbonyl (C=O) groups is 1. The van der Waals surface area contributed by atoms with Gasteiger partial charge in [0.1, 0.15) is 16.8 Å². The normalized spacial score (nSPS) is 14.7. The topological polar surface area (TPSA) is 66.5 Å². The van der Waals surface area contributed by atoms with E-state index in [1.807, 2.05) is 54.6 Å². The van der Waals surface area contributed by atoms with Gasteiger partial charge in [0.25, 0.3) is 0 Å². The van der Waals surface area contributed by atoms with Crippen molar-refractivity contribution in [2.45, 2.75) is 30.3 Å². The summed E-state index contributed by atoms with van der Waals surface area (Å²) in [6, 6.07) is 21.2. The molecule has 1 heterocycles. The molecule has 0 fully saturated rings. The molecule has 0 aromatic heterocycles. The molecule has 1 amide bonds. The van der Waals surface area contributed by atoms with Gasteiger partial charge in [-0.3, -0.25) is 4.79 Å². The third-order valence-corrected chi connectivity index (χ3v) is 6.95. The minimum atomic E-state index is -4.23. The van der Waals surface area contributed by atoms with Gasteiger partial charge in [0.2, 0.25) is 15.9 Å². The summed E-state index contributed by atoms with van der Waals surface area (Å²) in [6.07, 6.45) is 0.880. The number of nitrogens with one attached hydrogen (secondary N) is 1. The molecule has 1 aliphatic heterocycles. The molecule has 0 aliphatic carbocycles. The lowest BCUT2D eigenvalue weighted by Gasteiger charge is -2.32. The van der Waals surface area contributed by atoms with Crippen molar-refractivity contribution in [2.75, 3.05) is 6.54 Å². The van der Waals surface area contributed by atoms with Crippen LogP contribution in [0.5, 0.6) is 0 Å². The maximum absolute atomic E-state index is 14.2. The molecule has 3 aromatic carbocycles. The minimum Gasteiger partial charge on any atom is -0.337 e. The summed E-state index contributed by atoms with van der Waals surface area (Å²) in [4.78, 5) is 14.6. The second kappa shape index (κ2) is 8.99. The van der Waals surface area contributed by atoms with Gasteiger partial charge in [0.05, 0.1) is 0 Å². The molecule has 1 N–H and O–H groups in total. The van der Waals surface area contributed by atoms with E-state index in [9.17, 15) is 17.6 Å². The average molecular weight is 439 g/mol. The Balaban J connectivity index is 1.61. The molecule has 5 nitrogen and oxygen atoms in total. The van der Waals surface area contributed by atoms with Crippen molar-refractivity contribution in [1.82, 2.24) is 9.62 Å². The molecule has 1 atom stereocenters. The fraction of sp³-hybridized carbons (Fsp3) is 0.208. The molecule has 31 heavy (non-hydrogen) atoms. The van der Waals surface area contributed by atoms with Crippen LogP contribution in [-0.4, -0.2) is 31.8 Å². The van der Waals surface area contributed by atoms with E-state index >= 15 is 0 Å². The van der Waals surface area contributed by atoms with Crippen LogP contribution >= 0.6 is 0 Å². The van der Waals surface area contributed by atoms with Gasteiger partial charge in [-0.25, -0.2) is 12.8 Å². The molecule has 0 bridgehead atoms. The Morgan fingerprint density at radius 2 is 1.58 bits per heavy atom. The molecular weight excluding hydrogens is 415 g/mol. The van der Waals surface area contributed by atoms with Gasteiger partial charge < -0.3 is 4.90 Å². The van der Waals surface area contributed by atoms with E-state index in [1.54, 1.807) is 4.90 Å². The van der Waals surface area contributed by atoms with E-state index in [4.69, 9.17) is 0 Å². The van der Waals surface area contributed by atoms with Crippen molar-refractivity contribution in [3.05, 3.63) is 101 Å². The molecule has 7 heteroatoms. The Kier molecular flexibility index (Phi) is 6.15. The fourth-order valence-electron chi connectivity index (χ4n) is 3.85. The first kappa shape index (κ1) is 21.2. The maximum atomic E-state index is 14.2. The van der Waals surface area contributed by atoms with Crippen LogP contribution in [-0.2, 0) is 34.2 Å². The molecule has 0 unspecified atom stereocenters. The Hall–Kier alpha value is -3.03. The zero-order valence-electron chi connectivity index (χ0n) is 16.9. The third-order valence-electron chi connectivity index (χ3n) is 5.45. The highest BCUT2D eigenvalue weighted by molar-refractivity contribution is 7.89. The van der Waals surface area contributed by atoms with E-state index in [0.717, 1.165) is 17.2 Å². The van der Waals surface area contributed by atoms with Gasteiger partial charge in [0, 0.05) is 13.1 Å². The maximum Gasteiger partial charge on any atom is 0.244 e. The van der Waals surface area contributed by atoms with Gasteiger partial charge in [-0.1, -0.05) is 66.7 Å². The second-order valence-corrected chi connectivity index (χ2v) is 9.25. The van der Waals surface area contributed by atoms with Crippen LogP contribution in [0.15, 0.2) is 83.8 Å². The number of sulfonamides is 1. The van der Waals surface area contributed by atoms with Crippen LogP contribution in [0.3, 0.4) is 0 Å². The van der Waals surface area contributed by atoms with Crippen LogP contribution in [0.1, 0.15) is 16.7 Å². The fourth-order valence-corrected chi connectivity index (χ4v) is 5.12. The molecule has 4 rings (SSSR count). The van der Waals surface area contributed by atoms with Crippen molar-refractivity contribution in [3.63, 3.8) is 0 Å². The lowest BCUT2D eigenvalue weighted by atomic mass is 9.98. The van der Waals surface area contributed by atoms with Gasteiger partial charge in [-0.15, -0.1) is 0 Å². The monoisotopic (exact) mass is 438 g/mol. The van der Waals surface area contributed by atoms with Crippen LogP contribution < -0.4 is 4.72 Å². The Bertz CT molecular complexity index is 1180. The van der Waals surface area contributed by atoms with E-state index in [-0.39, 0.29) is 12.3 Å². The smallest absolute Gasteiger partial charge is 0.244 e. The number of hydrogen-bond donors (Lipinski definition) is 1. The van der Waals surface area contributed by atoms with E-state index in [0.29, 0.717) is 19.5 Å². The predicted octanol–water partition coefficient (Wildman–Crippen LogP) is 3.30. The van der Waals surface area contributed by atoms with E-state index < -0.39 is 26.8 Å². The highest BCUT2D eigenvalue weighted by atomic mass is 32.2. The summed E-state index contributed by atoms with van der Waals surface area (Å²) in [5, 5.41) is 0. The number of benzene rings is 3. The van der Waals surface area contributed by atoms with E-state index in [1.165, 1.54) is 23.8 Å². The third kappa shape index (κ3) is 4.84. The summed E-state index contributed by atoms with van der Waals surface area (Å²) in [7, 11) is -4.23. The number of halogens is 1. The molecule has 0 saturated carbocycles. The largest absolute Gasteiger partial charge is 0.337 e. The standard InChI is InChI=1S/C24H23FN2O3S/c25-21-12-6-7-13-23(21)31(29,30)26-22(16-18-8-2-1-3-9-18)24(28)27-15-14-19-10-4-5-11-20(19)17-27/h1-13,22,26H,14-17H2/t22-/m0/s1. The molecule has 0 radical (unpaired) electrons. The Morgan fingerprint density at radius 3 is 2.32 bits per heavy atom. The SMILES string of the molecule is O=C([C@H](Cc1ccccc1)NS(=O)(=O)c1ccccc1F)N1CCc2ccccc2C1. The van der Waals surface area contributed by atoms with Gasteiger partial charge in [-0.2, -0.15) is 4.72 Å². The van der Waals surface area contributed by atoms with Crippen molar-refractivity contribution in [3.8, 4) is 0 Å². The Labute approximate surface area is 181 Å². The second-order valence-electron chi connectivity index (χ2n) is 7.57. The van der Waals surface area contributed by atoms with Crippen molar-refractivity contribution >= 4 is 15.9 Å². The van der Waals surface area contributed by atoms with Crippen molar-refractivity contribution in [2.24, 2.45) is 0 Å². The summed E-state index contributed by atoms with van der Waals surface area (Å²) in [5.74, 6) is -1.17. The summed E-state index contributed by atoms with van der Waals surface area (Å²) in [6.45, 7) is 0.921. The summed E-state index contributed by atoms with van der Waals surface area (Å²) < 4.78 is 42.5. The molecule has 3 aromatic rings. The highest BCUT2D eigenvalue weighted by Gasteiger charge is 2.32. The van der Waals surface area contributed by atoms with Gasteiger partial charge in [0.15, 0.2) is 0 Å². The number of fused-ring (bicyclic) bond motifs is 1. The first-order valence-corrected chi connectivity index (χ1v) is 11.6.